The number of esters is 1. The summed E-state index contributed by atoms with van der Waals surface area (Å²) < 4.78 is 31.0. The van der Waals surface area contributed by atoms with Crippen LogP contribution in [0.3, 0.4) is 0 Å². The van der Waals surface area contributed by atoms with Gasteiger partial charge in [-0.2, -0.15) is 0 Å². The summed E-state index contributed by atoms with van der Waals surface area (Å²) in [6, 6.07) is 9.77. The highest BCUT2D eigenvalue weighted by Gasteiger charge is 2.45. The van der Waals surface area contributed by atoms with E-state index in [1.54, 1.807) is 31.2 Å². The van der Waals surface area contributed by atoms with Gasteiger partial charge in [-0.3, -0.25) is 14.5 Å². The number of nitrogens with zero attached hydrogens (tertiary/aromatic N) is 2. The number of carbonyl (C=O) groups excluding carboxylic acids is 2. The van der Waals surface area contributed by atoms with Gasteiger partial charge in [0.05, 0.1) is 29.3 Å². The minimum atomic E-state index is -0.928. The van der Waals surface area contributed by atoms with Crippen molar-refractivity contribution in [3.8, 4) is 5.75 Å². The average molecular weight is 577 g/mol. The van der Waals surface area contributed by atoms with Crippen molar-refractivity contribution < 1.29 is 27.9 Å². The van der Waals surface area contributed by atoms with Crippen LogP contribution in [0.4, 0.5) is 9.52 Å². The number of fused-ring (bicyclic) bond motifs is 2. The molecule has 0 spiro atoms. The molecule has 0 fully saturated rings. The van der Waals surface area contributed by atoms with Crippen molar-refractivity contribution >= 4 is 39.3 Å². The standard InChI is InChI=1S/C31H29FN2O6S/c1-4-6-7-8-16-38-21-12-9-19(10-13-21)25-24-26(35)22-17-20(32)11-14-23(22)40-27(24)29(36)34(25)31-33-18(3)28(41-31)30(37)39-15-5-2/h5,9-14,17,25H,2,4,6-8,15-16H2,1,3H3. The summed E-state index contributed by atoms with van der Waals surface area (Å²) in [7, 11) is 0. The molecule has 1 atom stereocenters. The smallest absolute Gasteiger partial charge is 0.350 e. The van der Waals surface area contributed by atoms with E-state index in [2.05, 4.69) is 18.5 Å². The van der Waals surface area contributed by atoms with E-state index < -0.39 is 29.2 Å². The van der Waals surface area contributed by atoms with Gasteiger partial charge in [0.25, 0.3) is 5.91 Å². The summed E-state index contributed by atoms with van der Waals surface area (Å²) in [5.74, 6) is -1.28. The molecule has 8 nitrogen and oxygen atoms in total. The largest absolute Gasteiger partial charge is 0.494 e. The van der Waals surface area contributed by atoms with Crippen LogP contribution in [-0.2, 0) is 4.74 Å². The molecule has 0 saturated heterocycles. The minimum absolute atomic E-state index is 0.0246. The van der Waals surface area contributed by atoms with E-state index in [4.69, 9.17) is 13.9 Å². The van der Waals surface area contributed by atoms with Gasteiger partial charge in [-0.05, 0) is 49.2 Å². The van der Waals surface area contributed by atoms with Gasteiger partial charge in [-0.1, -0.05) is 62.3 Å². The zero-order valence-electron chi connectivity index (χ0n) is 22.8. The van der Waals surface area contributed by atoms with Crippen molar-refractivity contribution in [1.82, 2.24) is 4.98 Å². The highest BCUT2D eigenvalue weighted by molar-refractivity contribution is 7.17. The molecule has 0 aliphatic carbocycles. The molecule has 10 heteroatoms. The first-order valence-electron chi connectivity index (χ1n) is 13.4. The summed E-state index contributed by atoms with van der Waals surface area (Å²) in [6.45, 7) is 7.95. The number of ether oxygens (including phenoxy) is 2. The van der Waals surface area contributed by atoms with Crippen molar-refractivity contribution in [1.29, 1.82) is 0 Å². The number of unbranched alkanes of at least 4 members (excludes halogenated alkanes) is 3. The second-order valence-electron chi connectivity index (χ2n) is 9.67. The van der Waals surface area contributed by atoms with Crippen LogP contribution in [0.25, 0.3) is 11.0 Å². The van der Waals surface area contributed by atoms with Crippen molar-refractivity contribution in [3.05, 3.63) is 98.6 Å². The third-order valence-corrected chi connectivity index (χ3v) is 7.94. The Morgan fingerprint density at radius 1 is 1.17 bits per heavy atom. The minimum Gasteiger partial charge on any atom is -0.494 e. The van der Waals surface area contributed by atoms with Crippen LogP contribution in [0.2, 0.25) is 0 Å². The van der Waals surface area contributed by atoms with Crippen LogP contribution in [0.1, 0.15) is 75.7 Å². The highest BCUT2D eigenvalue weighted by Crippen LogP contribution is 2.43. The third-order valence-electron chi connectivity index (χ3n) is 6.80. The molecule has 5 rings (SSSR count). The van der Waals surface area contributed by atoms with E-state index in [9.17, 15) is 18.8 Å². The first-order chi connectivity index (χ1) is 19.8. The summed E-state index contributed by atoms with van der Waals surface area (Å²) in [5, 5.41) is 0.222. The summed E-state index contributed by atoms with van der Waals surface area (Å²) in [5.41, 5.74) is 0.628. The van der Waals surface area contributed by atoms with Gasteiger partial charge in [0.2, 0.25) is 5.76 Å². The average Bonchev–Trinajstić information content (AvgIpc) is 3.49. The molecular weight excluding hydrogens is 547 g/mol. The number of halogens is 1. The molecule has 2 aromatic carbocycles. The Balaban J connectivity index is 1.57. The molecule has 1 unspecified atom stereocenters. The highest BCUT2D eigenvalue weighted by atomic mass is 32.1. The van der Waals surface area contributed by atoms with E-state index >= 15 is 0 Å². The topological polar surface area (TPSA) is 98.9 Å². The van der Waals surface area contributed by atoms with E-state index in [1.807, 2.05) is 0 Å². The Hall–Kier alpha value is -4.31. The number of benzene rings is 2. The van der Waals surface area contributed by atoms with Crippen molar-refractivity contribution in [3.63, 3.8) is 0 Å². The normalized spacial score (nSPS) is 14.4. The quantitative estimate of drug-likeness (QED) is 0.111. The molecule has 0 radical (unpaired) electrons. The lowest BCUT2D eigenvalue weighted by Crippen LogP contribution is -2.29. The number of aryl methyl sites for hydroxylation is 1. The summed E-state index contributed by atoms with van der Waals surface area (Å²) in [6.07, 6.45) is 5.77. The van der Waals surface area contributed by atoms with Crippen LogP contribution < -0.4 is 15.1 Å². The van der Waals surface area contributed by atoms with Gasteiger partial charge < -0.3 is 13.9 Å². The number of rotatable bonds is 11. The van der Waals surface area contributed by atoms with Gasteiger partial charge >= 0.3 is 5.97 Å². The number of anilines is 1. The Kier molecular flexibility index (Phi) is 8.30. The van der Waals surface area contributed by atoms with E-state index in [0.717, 1.165) is 43.1 Å². The fourth-order valence-electron chi connectivity index (χ4n) is 4.80. The molecule has 2 aromatic heterocycles. The maximum Gasteiger partial charge on any atom is 0.350 e. The molecule has 1 aliphatic rings. The Morgan fingerprint density at radius 3 is 2.68 bits per heavy atom. The van der Waals surface area contributed by atoms with Gasteiger partial charge in [0, 0.05) is 0 Å². The first kappa shape index (κ1) is 28.2. The number of aromatic nitrogens is 1. The first-order valence-corrected chi connectivity index (χ1v) is 14.2. The fraction of sp³-hybridized carbons (Fsp3) is 0.290. The van der Waals surface area contributed by atoms with Crippen molar-refractivity contribution in [2.24, 2.45) is 0 Å². The van der Waals surface area contributed by atoms with Crippen LogP contribution in [0.5, 0.6) is 5.75 Å². The molecule has 41 heavy (non-hydrogen) atoms. The van der Waals surface area contributed by atoms with Gasteiger partial charge in [-0.15, -0.1) is 0 Å². The molecule has 4 aromatic rings. The van der Waals surface area contributed by atoms with E-state index in [-0.39, 0.29) is 38.9 Å². The molecule has 0 saturated carbocycles. The Labute approximate surface area is 240 Å². The summed E-state index contributed by atoms with van der Waals surface area (Å²) >= 11 is 0.978. The molecule has 1 amide bonds. The molecular formula is C31H29FN2O6S. The zero-order chi connectivity index (χ0) is 29.1. The second-order valence-corrected chi connectivity index (χ2v) is 10.6. The van der Waals surface area contributed by atoms with E-state index in [0.29, 0.717) is 23.6 Å². The number of hydrogen-bond donors (Lipinski definition) is 0. The predicted molar refractivity (Wildman–Crippen MR) is 155 cm³/mol. The van der Waals surface area contributed by atoms with Crippen LogP contribution >= 0.6 is 11.3 Å². The van der Waals surface area contributed by atoms with Crippen molar-refractivity contribution in [2.75, 3.05) is 18.1 Å². The lowest BCUT2D eigenvalue weighted by molar-refractivity contribution is 0.0554. The van der Waals surface area contributed by atoms with Gasteiger partial charge in [-0.25, -0.2) is 14.2 Å². The van der Waals surface area contributed by atoms with Gasteiger partial charge in [0.1, 0.15) is 28.6 Å². The predicted octanol–water partition coefficient (Wildman–Crippen LogP) is 6.75. The molecule has 0 bridgehead atoms. The van der Waals surface area contributed by atoms with Crippen molar-refractivity contribution in [2.45, 2.75) is 45.6 Å². The van der Waals surface area contributed by atoms with Gasteiger partial charge in [0.15, 0.2) is 10.6 Å². The fourth-order valence-corrected chi connectivity index (χ4v) is 5.79. The Bertz CT molecular complexity index is 1680. The molecule has 212 valence electrons. The third kappa shape index (κ3) is 5.52. The lowest BCUT2D eigenvalue weighted by Gasteiger charge is -2.22. The van der Waals surface area contributed by atoms with Crippen LogP contribution in [-0.4, -0.2) is 30.1 Å². The monoisotopic (exact) mass is 576 g/mol. The maximum absolute atomic E-state index is 14.1. The second kappa shape index (κ2) is 12.1. The number of amides is 1. The Morgan fingerprint density at radius 2 is 1.95 bits per heavy atom. The number of hydrogen-bond acceptors (Lipinski definition) is 8. The maximum atomic E-state index is 14.1. The summed E-state index contributed by atoms with van der Waals surface area (Å²) in [4.78, 5) is 46.2. The van der Waals surface area contributed by atoms with Crippen LogP contribution in [0, 0.1) is 12.7 Å². The zero-order valence-corrected chi connectivity index (χ0v) is 23.6. The molecule has 3 heterocycles. The molecule has 0 N–H and O–H groups in total. The lowest BCUT2D eigenvalue weighted by atomic mass is 9.98. The molecule has 1 aliphatic heterocycles. The SMILES string of the molecule is C=CCOC(=O)c1sc(N2C(=O)c3oc4ccc(F)cc4c(=O)c3C2c2ccc(OCCCCCC)cc2)nc1C. The van der Waals surface area contributed by atoms with Crippen LogP contribution in [0.15, 0.2) is 64.3 Å². The number of carbonyl (C=O) groups is 2. The van der Waals surface area contributed by atoms with E-state index in [1.165, 1.54) is 23.1 Å². The number of thiazole rings is 1.